The third kappa shape index (κ3) is 3.17. The first kappa shape index (κ1) is 14.5. The third-order valence-electron chi connectivity index (χ3n) is 3.07. The minimum Gasteiger partial charge on any atom is -0.305 e. The molecule has 2 rings (SSSR count). The highest BCUT2D eigenvalue weighted by molar-refractivity contribution is 5.32. The Hall–Kier alpha value is -1.88. The van der Waals surface area contributed by atoms with Gasteiger partial charge in [0.1, 0.15) is 11.6 Å². The summed E-state index contributed by atoms with van der Waals surface area (Å²) in [6.45, 7) is 4.34. The number of hydrogen-bond donors (Lipinski definition) is 1. The fourth-order valence-electron chi connectivity index (χ4n) is 2.02. The summed E-state index contributed by atoms with van der Waals surface area (Å²) >= 11 is 0. The molecule has 0 saturated carbocycles. The van der Waals surface area contributed by atoms with Crippen LogP contribution in [0.3, 0.4) is 0 Å². The van der Waals surface area contributed by atoms with E-state index in [0.717, 1.165) is 12.5 Å². The predicted molar refractivity (Wildman–Crippen MR) is 73.3 cm³/mol. The number of aromatic nitrogens is 2. The van der Waals surface area contributed by atoms with E-state index in [-0.39, 0.29) is 0 Å². The van der Waals surface area contributed by atoms with E-state index in [4.69, 9.17) is 0 Å². The summed E-state index contributed by atoms with van der Waals surface area (Å²) in [5.41, 5.74) is 1.41. The lowest BCUT2D eigenvalue weighted by molar-refractivity contribution is 0.524. The van der Waals surface area contributed by atoms with Crippen LogP contribution in [-0.2, 0) is 0 Å². The normalized spacial score (nSPS) is 12.4. The fourth-order valence-corrected chi connectivity index (χ4v) is 2.02. The lowest BCUT2D eigenvalue weighted by Gasteiger charge is -2.19. The Morgan fingerprint density at radius 1 is 1.20 bits per heavy atom. The smallest absolute Gasteiger partial charge is 0.131 e. The Bertz CT molecular complexity index is 573. The second kappa shape index (κ2) is 6.52. The van der Waals surface area contributed by atoms with Gasteiger partial charge in [0.2, 0.25) is 0 Å². The number of nitrogens with one attached hydrogen (secondary N) is 1. The maximum atomic E-state index is 14.1. The van der Waals surface area contributed by atoms with Crippen molar-refractivity contribution in [2.45, 2.75) is 26.3 Å². The Morgan fingerprint density at radius 2 is 2.00 bits per heavy atom. The van der Waals surface area contributed by atoms with Crippen LogP contribution < -0.4 is 5.32 Å². The standard InChI is InChI=1S/C15H17F2N3/c1-3-4-20-15(14-9-18-5-6-19-14)11-7-10(2)12(16)8-13(11)17/h5-9,15,20H,3-4H2,1-2H3. The molecule has 2 aromatic rings. The topological polar surface area (TPSA) is 37.8 Å². The van der Waals surface area contributed by atoms with Gasteiger partial charge in [-0.15, -0.1) is 0 Å². The first-order chi connectivity index (χ1) is 9.63. The minimum atomic E-state index is -0.577. The summed E-state index contributed by atoms with van der Waals surface area (Å²) in [5.74, 6) is -1.12. The molecule has 1 unspecified atom stereocenters. The van der Waals surface area contributed by atoms with Gasteiger partial charge in [-0.1, -0.05) is 6.92 Å². The summed E-state index contributed by atoms with van der Waals surface area (Å²) in [4.78, 5) is 8.23. The van der Waals surface area contributed by atoms with Crippen LogP contribution in [0.4, 0.5) is 8.78 Å². The lowest BCUT2D eigenvalue weighted by atomic mass is 10.0. The van der Waals surface area contributed by atoms with Crippen LogP contribution in [0, 0.1) is 18.6 Å². The molecular weight excluding hydrogens is 260 g/mol. The van der Waals surface area contributed by atoms with Crippen LogP contribution in [0.1, 0.15) is 36.2 Å². The molecule has 0 aliphatic carbocycles. The number of benzene rings is 1. The average molecular weight is 277 g/mol. The number of nitrogens with zero attached hydrogens (tertiary/aromatic N) is 2. The third-order valence-corrected chi connectivity index (χ3v) is 3.07. The molecule has 106 valence electrons. The Morgan fingerprint density at radius 3 is 2.65 bits per heavy atom. The van der Waals surface area contributed by atoms with Crippen molar-refractivity contribution in [1.29, 1.82) is 0 Å². The SMILES string of the molecule is CCCNC(c1cnccn1)c1cc(C)c(F)cc1F. The molecule has 1 N–H and O–H groups in total. The van der Waals surface area contributed by atoms with Crippen LogP contribution in [0.5, 0.6) is 0 Å². The molecule has 1 aromatic carbocycles. The minimum absolute atomic E-state index is 0.387. The number of halogens is 2. The molecule has 3 nitrogen and oxygen atoms in total. The van der Waals surface area contributed by atoms with Crippen LogP contribution in [0.15, 0.2) is 30.7 Å². The molecule has 0 amide bonds. The zero-order valence-electron chi connectivity index (χ0n) is 11.5. The van der Waals surface area contributed by atoms with Gasteiger partial charge in [0.05, 0.1) is 17.9 Å². The molecule has 0 fully saturated rings. The van der Waals surface area contributed by atoms with Gasteiger partial charge in [-0.05, 0) is 31.5 Å². The molecular formula is C15H17F2N3. The van der Waals surface area contributed by atoms with Crippen LogP contribution in [-0.4, -0.2) is 16.5 Å². The summed E-state index contributed by atoms with van der Waals surface area (Å²) in [6.07, 6.45) is 5.61. The van der Waals surface area contributed by atoms with E-state index in [2.05, 4.69) is 15.3 Å². The van der Waals surface area contributed by atoms with Gasteiger partial charge in [0.15, 0.2) is 0 Å². The van der Waals surface area contributed by atoms with Crippen molar-refractivity contribution in [3.8, 4) is 0 Å². The van der Waals surface area contributed by atoms with Gasteiger partial charge >= 0.3 is 0 Å². The van der Waals surface area contributed by atoms with Crippen LogP contribution in [0.2, 0.25) is 0 Å². The molecule has 0 bridgehead atoms. The second-order valence-electron chi connectivity index (χ2n) is 4.64. The van der Waals surface area contributed by atoms with Gasteiger partial charge < -0.3 is 5.32 Å². The first-order valence-electron chi connectivity index (χ1n) is 6.58. The highest BCUT2D eigenvalue weighted by atomic mass is 19.1. The highest BCUT2D eigenvalue weighted by Crippen LogP contribution is 2.25. The van der Waals surface area contributed by atoms with Crippen molar-refractivity contribution in [3.05, 3.63) is 59.2 Å². The molecule has 1 atom stereocenters. The van der Waals surface area contributed by atoms with Crippen LogP contribution in [0.25, 0.3) is 0 Å². The Balaban J connectivity index is 2.44. The predicted octanol–water partition coefficient (Wildman–Crippen LogP) is 3.15. The fraction of sp³-hybridized carbons (Fsp3) is 0.333. The van der Waals surface area contributed by atoms with E-state index in [1.54, 1.807) is 25.5 Å². The molecule has 1 heterocycles. The summed E-state index contributed by atoms with van der Waals surface area (Å²) in [6, 6.07) is 2.01. The van der Waals surface area contributed by atoms with Gasteiger partial charge in [-0.25, -0.2) is 8.78 Å². The van der Waals surface area contributed by atoms with Crippen molar-refractivity contribution in [2.75, 3.05) is 6.54 Å². The van der Waals surface area contributed by atoms with Crippen molar-refractivity contribution < 1.29 is 8.78 Å². The second-order valence-corrected chi connectivity index (χ2v) is 4.64. The van der Waals surface area contributed by atoms with Crippen LogP contribution >= 0.6 is 0 Å². The van der Waals surface area contributed by atoms with Gasteiger partial charge in [-0.3, -0.25) is 9.97 Å². The van der Waals surface area contributed by atoms with E-state index in [1.165, 1.54) is 6.07 Å². The molecule has 0 spiro atoms. The molecule has 1 aromatic heterocycles. The number of aryl methyl sites for hydroxylation is 1. The maximum Gasteiger partial charge on any atom is 0.131 e. The van der Waals surface area contributed by atoms with E-state index >= 15 is 0 Å². The average Bonchev–Trinajstić information content (AvgIpc) is 2.45. The van der Waals surface area contributed by atoms with E-state index in [1.807, 2.05) is 6.92 Å². The molecule has 20 heavy (non-hydrogen) atoms. The maximum absolute atomic E-state index is 14.1. The molecule has 5 heteroatoms. The van der Waals surface area contributed by atoms with E-state index in [0.29, 0.717) is 23.4 Å². The van der Waals surface area contributed by atoms with E-state index < -0.39 is 17.7 Å². The summed E-state index contributed by atoms with van der Waals surface area (Å²) in [7, 11) is 0. The summed E-state index contributed by atoms with van der Waals surface area (Å²) in [5, 5.41) is 3.22. The number of hydrogen-bond acceptors (Lipinski definition) is 3. The zero-order chi connectivity index (χ0) is 14.5. The van der Waals surface area contributed by atoms with Crippen molar-refractivity contribution >= 4 is 0 Å². The molecule has 0 aliphatic rings. The quantitative estimate of drug-likeness (QED) is 0.912. The monoisotopic (exact) mass is 277 g/mol. The summed E-state index contributed by atoms with van der Waals surface area (Å²) < 4.78 is 27.5. The number of rotatable bonds is 5. The van der Waals surface area contributed by atoms with E-state index in [9.17, 15) is 8.78 Å². The zero-order valence-corrected chi connectivity index (χ0v) is 11.5. The Labute approximate surface area is 117 Å². The molecule has 0 saturated heterocycles. The highest BCUT2D eigenvalue weighted by Gasteiger charge is 2.20. The Kier molecular flexibility index (Phi) is 4.74. The van der Waals surface area contributed by atoms with Gasteiger partial charge in [-0.2, -0.15) is 0 Å². The van der Waals surface area contributed by atoms with Gasteiger partial charge in [0.25, 0.3) is 0 Å². The van der Waals surface area contributed by atoms with Gasteiger partial charge in [0, 0.05) is 24.0 Å². The molecule has 0 radical (unpaired) electrons. The largest absolute Gasteiger partial charge is 0.305 e. The van der Waals surface area contributed by atoms with Crippen molar-refractivity contribution in [2.24, 2.45) is 0 Å². The van der Waals surface area contributed by atoms with Crippen molar-refractivity contribution in [1.82, 2.24) is 15.3 Å². The first-order valence-corrected chi connectivity index (χ1v) is 6.58. The van der Waals surface area contributed by atoms with Crippen molar-refractivity contribution in [3.63, 3.8) is 0 Å². The lowest BCUT2D eigenvalue weighted by Crippen LogP contribution is -2.25. The molecule has 0 aliphatic heterocycles.